The van der Waals surface area contributed by atoms with Gasteiger partial charge in [-0.25, -0.2) is 0 Å². The summed E-state index contributed by atoms with van der Waals surface area (Å²) in [4.78, 5) is 16.7. The summed E-state index contributed by atoms with van der Waals surface area (Å²) < 4.78 is 2.54. The van der Waals surface area contributed by atoms with E-state index >= 15 is 0 Å². The van der Waals surface area contributed by atoms with Gasteiger partial charge in [-0.1, -0.05) is 215 Å². The summed E-state index contributed by atoms with van der Waals surface area (Å²) in [5.74, 6) is 0. The van der Waals surface area contributed by atoms with E-state index in [0.717, 1.165) is 51.0 Å². The number of pyridine rings is 2. The van der Waals surface area contributed by atoms with Crippen LogP contribution in [0.3, 0.4) is 0 Å². The summed E-state index contributed by atoms with van der Waals surface area (Å²) in [7, 11) is 0. The molecule has 10 aromatic rings. The second kappa shape index (κ2) is 19.2. The summed E-state index contributed by atoms with van der Waals surface area (Å²) in [5, 5.41) is 2.55. The molecule has 2 aliphatic rings. The third-order valence-corrected chi connectivity index (χ3v) is 18.4. The molecule has 7 aromatic carbocycles. The van der Waals surface area contributed by atoms with Crippen molar-refractivity contribution in [2.75, 3.05) is 4.90 Å². The minimum atomic E-state index is -0.207. The van der Waals surface area contributed by atoms with E-state index in [0.29, 0.717) is 0 Å². The van der Waals surface area contributed by atoms with Crippen molar-refractivity contribution in [2.24, 2.45) is 0 Å². The van der Waals surface area contributed by atoms with Crippen molar-refractivity contribution in [3.63, 3.8) is 0 Å². The lowest BCUT2D eigenvalue weighted by atomic mass is 9.34. The Labute approximate surface area is 494 Å². The number of nitrogens with zero attached hydrogens (tertiary/aromatic N) is 4. The molecule has 0 amide bonds. The van der Waals surface area contributed by atoms with Gasteiger partial charge in [-0.3, -0.25) is 9.97 Å². The number of aromatic nitrogens is 3. The lowest BCUT2D eigenvalue weighted by molar-refractivity contribution is 0.569. The second-order valence-corrected chi connectivity index (χ2v) is 30.8. The maximum atomic E-state index is 5.70. The molecule has 0 spiro atoms. The third kappa shape index (κ3) is 9.71. The van der Waals surface area contributed by atoms with Crippen LogP contribution in [0, 0.1) is 0 Å². The Hall–Kier alpha value is -7.15. The van der Waals surface area contributed by atoms with E-state index in [4.69, 9.17) is 9.97 Å². The molecule has 3 aromatic heterocycles. The van der Waals surface area contributed by atoms with E-state index in [1.807, 2.05) is 11.8 Å². The summed E-state index contributed by atoms with van der Waals surface area (Å²) in [5.41, 5.74) is 23.9. The second-order valence-electron chi connectivity index (χ2n) is 29.7. The van der Waals surface area contributed by atoms with Crippen LogP contribution >= 0.6 is 11.8 Å². The number of hydrogen-bond acceptors (Lipinski definition) is 4. The number of hydrogen-bond donors (Lipinski definition) is 0. The zero-order valence-corrected chi connectivity index (χ0v) is 52.7. The largest absolute Gasteiger partial charge is 0.310 e. The highest BCUT2D eigenvalue weighted by Gasteiger charge is 2.44. The smallest absolute Gasteiger partial charge is 0.249 e. The fraction of sp³-hybridized carbons (Fsp3) is 0.316. The monoisotopic (exact) mass is 1090 g/mol. The first-order valence-corrected chi connectivity index (χ1v) is 30.5. The molecule has 4 nitrogen and oxygen atoms in total. The molecule has 2 aliphatic heterocycles. The van der Waals surface area contributed by atoms with Crippen molar-refractivity contribution in [1.29, 1.82) is 0 Å². The lowest BCUT2D eigenvalue weighted by Crippen LogP contribution is -2.60. The van der Waals surface area contributed by atoms with Crippen molar-refractivity contribution in [3.8, 4) is 39.3 Å². The topological polar surface area (TPSA) is 34.0 Å². The van der Waals surface area contributed by atoms with Gasteiger partial charge in [-0.15, -0.1) is 0 Å². The Morgan fingerprint density at radius 3 is 1.41 bits per heavy atom. The fourth-order valence-electron chi connectivity index (χ4n) is 12.3. The van der Waals surface area contributed by atoms with Gasteiger partial charge >= 0.3 is 0 Å². The SMILES string of the molecule is CC(C)(C)c1cc(-c2cccc(C(C)(C)C)n2)c(N2c3cc(-n4c5ccc(C(C)(C)C)cc5c5cc(C(C)(C)C)ccc54)ccc3B3c4cc(-c5ccccc5)ccc4Sc4cc(C(C)(C)C)cc2c43)c(-c2cccc(C(C)(C)C)n2)c1. The van der Waals surface area contributed by atoms with Gasteiger partial charge in [-0.05, 0) is 157 Å². The van der Waals surface area contributed by atoms with Gasteiger partial charge in [0.25, 0.3) is 0 Å². The van der Waals surface area contributed by atoms with E-state index < -0.39 is 0 Å². The van der Waals surface area contributed by atoms with Crippen LogP contribution in [0.15, 0.2) is 174 Å². The van der Waals surface area contributed by atoms with Crippen molar-refractivity contribution < 1.29 is 0 Å². The predicted molar refractivity (Wildman–Crippen MR) is 355 cm³/mol. The molecule has 0 aliphatic carbocycles. The molecule has 0 bridgehead atoms. The minimum Gasteiger partial charge on any atom is -0.310 e. The Bertz CT molecular complexity index is 4040. The van der Waals surface area contributed by atoms with Crippen molar-refractivity contribution in [3.05, 3.63) is 197 Å². The van der Waals surface area contributed by atoms with Gasteiger partial charge in [-0.2, -0.15) is 0 Å². The Morgan fingerprint density at radius 1 is 0.378 bits per heavy atom. The molecule has 0 atom stereocenters. The minimum absolute atomic E-state index is 0.0237. The van der Waals surface area contributed by atoms with Gasteiger partial charge < -0.3 is 9.47 Å². The highest BCUT2D eigenvalue weighted by atomic mass is 32.2. The van der Waals surface area contributed by atoms with Crippen LogP contribution in [0.25, 0.3) is 61.1 Å². The quantitative estimate of drug-likeness (QED) is 0.161. The first-order chi connectivity index (χ1) is 38.4. The van der Waals surface area contributed by atoms with Gasteiger partial charge in [0.2, 0.25) is 6.71 Å². The zero-order chi connectivity index (χ0) is 58.4. The lowest BCUT2D eigenvalue weighted by Gasteiger charge is -2.43. The number of benzene rings is 7. The van der Waals surface area contributed by atoms with Crippen LogP contribution in [0.5, 0.6) is 0 Å². The predicted octanol–water partition coefficient (Wildman–Crippen LogP) is 19.1. The standard InChI is InChI=1S/C76H81BN4S/c1-71(2,3)48-31-35-61-53(39-48)54-40-49(72(4,5)6)32-36-62(54)80(61)52-33-34-57-63(45-52)81(64-43-51(74(10,11)12)44-66-69(64)77(57)58-38-47(30-37-65(58)82-66)46-24-20-19-21-25-46)70-55(59-26-22-28-67(78-59)75(13,14)15)41-50(73(7,8)9)42-56(70)60-27-23-29-68(79-60)76(16,17)18/h19-45H,1-18H3. The first-order valence-electron chi connectivity index (χ1n) is 29.7. The molecule has 0 unspecified atom stereocenters. The zero-order valence-electron chi connectivity index (χ0n) is 51.9. The number of anilines is 3. The molecular weight excluding hydrogens is 1010 g/mol. The van der Waals surface area contributed by atoms with Crippen molar-refractivity contribution in [1.82, 2.24) is 14.5 Å². The maximum Gasteiger partial charge on any atom is 0.249 e. The van der Waals surface area contributed by atoms with Crippen LogP contribution in [-0.4, -0.2) is 21.2 Å². The van der Waals surface area contributed by atoms with E-state index in [1.165, 1.54) is 87.1 Å². The summed E-state index contributed by atoms with van der Waals surface area (Å²) in [6, 6.07) is 63.2. The van der Waals surface area contributed by atoms with Crippen LogP contribution in [0.2, 0.25) is 0 Å². The number of rotatable bonds is 5. The van der Waals surface area contributed by atoms with Crippen molar-refractivity contribution in [2.45, 2.75) is 167 Å². The van der Waals surface area contributed by atoms with Gasteiger partial charge in [0.05, 0.1) is 28.1 Å². The third-order valence-electron chi connectivity index (χ3n) is 17.3. The summed E-state index contributed by atoms with van der Waals surface area (Å²) in [6.07, 6.45) is 0. The summed E-state index contributed by atoms with van der Waals surface area (Å²) >= 11 is 1.93. The highest BCUT2D eigenvalue weighted by molar-refractivity contribution is 8.00. The van der Waals surface area contributed by atoms with Gasteiger partial charge in [0.1, 0.15) is 0 Å². The molecule has 12 rings (SSSR count). The van der Waals surface area contributed by atoms with Crippen LogP contribution in [-0.2, 0) is 32.5 Å². The van der Waals surface area contributed by atoms with E-state index in [9.17, 15) is 0 Å². The average Bonchev–Trinajstić information content (AvgIpc) is 1.04. The normalized spacial score (nSPS) is 13.9. The molecule has 82 heavy (non-hydrogen) atoms. The van der Waals surface area contributed by atoms with Crippen LogP contribution in [0.4, 0.5) is 17.1 Å². The van der Waals surface area contributed by atoms with Crippen LogP contribution < -0.4 is 21.3 Å². The van der Waals surface area contributed by atoms with Gasteiger partial charge in [0, 0.05) is 71.0 Å². The Kier molecular flexibility index (Phi) is 13.0. The highest BCUT2D eigenvalue weighted by Crippen LogP contribution is 2.52. The Morgan fingerprint density at radius 2 is 0.902 bits per heavy atom. The molecular formula is C76H81BN4S. The molecule has 0 saturated carbocycles. The molecule has 5 heterocycles. The molecule has 6 heteroatoms. The summed E-state index contributed by atoms with van der Waals surface area (Å²) in [6.45, 7) is 41.6. The van der Waals surface area contributed by atoms with E-state index in [2.05, 4.69) is 298 Å². The average molecular weight is 1090 g/mol. The van der Waals surface area contributed by atoms with E-state index in [1.54, 1.807) is 0 Å². The molecule has 0 radical (unpaired) electrons. The Balaban J connectivity index is 1.26. The fourth-order valence-corrected chi connectivity index (χ4v) is 13.5. The molecule has 414 valence electrons. The van der Waals surface area contributed by atoms with E-state index in [-0.39, 0.29) is 39.2 Å². The molecule has 0 fully saturated rings. The van der Waals surface area contributed by atoms with Crippen molar-refractivity contribution >= 4 is 73.7 Å². The van der Waals surface area contributed by atoms with Gasteiger partial charge in [0.15, 0.2) is 0 Å². The first kappa shape index (κ1) is 55.4. The number of fused-ring (bicyclic) bond motifs is 7. The van der Waals surface area contributed by atoms with Crippen LogP contribution in [0.1, 0.15) is 158 Å². The molecule has 0 N–H and O–H groups in total. The maximum absolute atomic E-state index is 5.70. The molecule has 0 saturated heterocycles.